The van der Waals surface area contributed by atoms with Gasteiger partial charge in [-0.05, 0) is 57.8 Å². The molecule has 0 rings (SSSR count). The zero-order chi connectivity index (χ0) is 39.3. The van der Waals surface area contributed by atoms with E-state index in [0.29, 0.717) is 12.8 Å². The van der Waals surface area contributed by atoms with E-state index in [4.69, 9.17) is 14.2 Å². The Kier molecular flexibility index (Phi) is 34.4. The molecule has 0 N–H and O–H groups in total. The molecule has 0 aromatic heterocycles. The van der Waals surface area contributed by atoms with Crippen molar-refractivity contribution in [3.8, 4) is 0 Å². The first-order chi connectivity index (χ1) is 25.6. The van der Waals surface area contributed by atoms with Crippen LogP contribution < -0.4 is 5.11 Å². The van der Waals surface area contributed by atoms with E-state index in [9.17, 15) is 19.5 Å². The van der Waals surface area contributed by atoms with E-state index in [1.54, 1.807) is 21.1 Å². The normalized spacial score (nSPS) is 13.5. The third-order valence-electron chi connectivity index (χ3n) is 9.22. The van der Waals surface area contributed by atoms with Gasteiger partial charge in [0.05, 0.1) is 40.3 Å². The number of allylic oxidation sites excluding steroid dienone is 8. The molecular formula is C45H79NO7. The number of esters is 2. The molecule has 0 fully saturated rings. The third kappa shape index (κ3) is 34.8. The highest BCUT2D eigenvalue weighted by Gasteiger charge is 2.25. The predicted octanol–water partition coefficient (Wildman–Crippen LogP) is 9.91. The van der Waals surface area contributed by atoms with E-state index >= 15 is 0 Å². The number of carboxylic acids is 1. The fourth-order valence-corrected chi connectivity index (χ4v) is 5.88. The van der Waals surface area contributed by atoms with Crippen molar-refractivity contribution in [3.63, 3.8) is 0 Å². The number of quaternary nitrogens is 1. The van der Waals surface area contributed by atoms with Crippen molar-refractivity contribution >= 4 is 17.9 Å². The van der Waals surface area contributed by atoms with Gasteiger partial charge in [0, 0.05) is 19.3 Å². The summed E-state index contributed by atoms with van der Waals surface area (Å²) >= 11 is 0. The number of carboxylic acid groups (broad SMARTS) is 1. The van der Waals surface area contributed by atoms with Gasteiger partial charge in [0.25, 0.3) is 0 Å². The average molecular weight is 746 g/mol. The van der Waals surface area contributed by atoms with Gasteiger partial charge < -0.3 is 28.6 Å². The van der Waals surface area contributed by atoms with Crippen molar-refractivity contribution in [2.45, 2.75) is 180 Å². The summed E-state index contributed by atoms with van der Waals surface area (Å²) in [6.07, 6.45) is 41.4. The Morgan fingerprint density at radius 1 is 0.566 bits per heavy atom. The highest BCUT2D eigenvalue weighted by molar-refractivity contribution is 5.70. The van der Waals surface area contributed by atoms with Gasteiger partial charge in [-0.2, -0.15) is 0 Å². The Morgan fingerprint density at radius 3 is 1.51 bits per heavy atom. The summed E-state index contributed by atoms with van der Waals surface area (Å²) in [5, 5.41) is 11.6. The van der Waals surface area contributed by atoms with Crippen LogP contribution in [0.2, 0.25) is 0 Å². The van der Waals surface area contributed by atoms with Crippen LogP contribution in [0.4, 0.5) is 0 Å². The van der Waals surface area contributed by atoms with Crippen molar-refractivity contribution in [1.29, 1.82) is 0 Å². The number of carbonyl (C=O) groups excluding carboxylic acids is 3. The molecule has 0 radical (unpaired) electrons. The number of unbranched alkanes of at least 4 members (excludes halogenated alkanes) is 15. The first kappa shape index (κ1) is 50.3. The van der Waals surface area contributed by atoms with Crippen molar-refractivity contribution in [2.24, 2.45) is 0 Å². The van der Waals surface area contributed by atoms with Gasteiger partial charge in [-0.3, -0.25) is 9.59 Å². The van der Waals surface area contributed by atoms with Crippen LogP contribution in [0.15, 0.2) is 48.6 Å². The van der Waals surface area contributed by atoms with Gasteiger partial charge in [-0.15, -0.1) is 0 Å². The monoisotopic (exact) mass is 746 g/mol. The number of likely N-dealkylation sites (N-methyl/N-ethyl adjacent to an activating group) is 1. The fourth-order valence-electron chi connectivity index (χ4n) is 5.88. The molecule has 0 aliphatic carbocycles. The molecule has 0 aliphatic rings. The van der Waals surface area contributed by atoms with Gasteiger partial charge in [0.2, 0.25) is 0 Å². The van der Waals surface area contributed by atoms with Gasteiger partial charge in [-0.25, -0.2) is 0 Å². The van der Waals surface area contributed by atoms with Crippen LogP contribution in [0.5, 0.6) is 0 Å². The minimum atomic E-state index is -1.13. The molecule has 0 aliphatic heterocycles. The Hall–Kier alpha value is -2.71. The number of nitrogens with zero attached hydrogens (tertiary/aromatic N) is 1. The van der Waals surface area contributed by atoms with Crippen LogP contribution in [0.3, 0.4) is 0 Å². The summed E-state index contributed by atoms with van der Waals surface area (Å²) in [4.78, 5) is 36.6. The smallest absolute Gasteiger partial charge is 0.306 e. The second-order valence-corrected chi connectivity index (χ2v) is 15.2. The first-order valence-electron chi connectivity index (χ1n) is 21.2. The number of carbonyl (C=O) groups is 3. The minimum Gasteiger partial charge on any atom is -0.544 e. The number of hydrogen-bond acceptors (Lipinski definition) is 7. The van der Waals surface area contributed by atoms with Gasteiger partial charge in [0.1, 0.15) is 12.6 Å². The Morgan fingerprint density at radius 2 is 1.00 bits per heavy atom. The summed E-state index contributed by atoms with van der Waals surface area (Å²) in [7, 11) is 5.39. The third-order valence-corrected chi connectivity index (χ3v) is 9.22. The molecular weight excluding hydrogens is 666 g/mol. The molecule has 0 spiro atoms. The topological polar surface area (TPSA) is 102 Å². The lowest BCUT2D eigenvalue weighted by atomic mass is 10.1. The number of aliphatic carboxylic acids is 1. The van der Waals surface area contributed by atoms with E-state index in [0.717, 1.165) is 77.0 Å². The largest absolute Gasteiger partial charge is 0.544 e. The van der Waals surface area contributed by atoms with Crippen LogP contribution >= 0.6 is 0 Å². The molecule has 306 valence electrons. The highest BCUT2D eigenvalue weighted by Crippen LogP contribution is 2.13. The van der Waals surface area contributed by atoms with Crippen molar-refractivity contribution < 1.29 is 38.2 Å². The van der Waals surface area contributed by atoms with E-state index in [-0.39, 0.29) is 42.7 Å². The first-order valence-corrected chi connectivity index (χ1v) is 21.2. The van der Waals surface area contributed by atoms with Crippen LogP contribution in [0.1, 0.15) is 168 Å². The predicted molar refractivity (Wildman–Crippen MR) is 217 cm³/mol. The minimum absolute atomic E-state index is 0.0345. The van der Waals surface area contributed by atoms with Crippen LogP contribution in [-0.2, 0) is 28.6 Å². The molecule has 0 saturated heterocycles. The summed E-state index contributed by atoms with van der Waals surface area (Å²) in [6.45, 7) is 4.57. The Bertz CT molecular complexity index is 1010. The maximum absolute atomic E-state index is 12.6. The van der Waals surface area contributed by atoms with Crippen molar-refractivity contribution in [1.82, 2.24) is 0 Å². The summed E-state index contributed by atoms with van der Waals surface area (Å²) in [5.41, 5.74) is 0. The molecule has 8 nitrogen and oxygen atoms in total. The lowest BCUT2D eigenvalue weighted by molar-refractivity contribution is -0.889. The van der Waals surface area contributed by atoms with Crippen molar-refractivity contribution in [2.75, 3.05) is 41.0 Å². The molecule has 0 aromatic rings. The number of rotatable bonds is 37. The molecule has 0 heterocycles. The second kappa shape index (κ2) is 36.3. The molecule has 0 aromatic carbocycles. The van der Waals surface area contributed by atoms with E-state index < -0.39 is 18.1 Å². The van der Waals surface area contributed by atoms with E-state index in [1.807, 2.05) is 0 Å². The lowest BCUT2D eigenvalue weighted by Crippen LogP contribution is -2.55. The fraction of sp³-hybridized carbons (Fsp3) is 0.756. The zero-order valence-corrected chi connectivity index (χ0v) is 34.7. The molecule has 53 heavy (non-hydrogen) atoms. The molecule has 2 atom stereocenters. The lowest BCUT2D eigenvalue weighted by Gasteiger charge is -2.34. The summed E-state index contributed by atoms with van der Waals surface area (Å²) < 4.78 is 17.1. The van der Waals surface area contributed by atoms with Gasteiger partial charge in [-0.1, -0.05) is 140 Å². The highest BCUT2D eigenvalue weighted by atomic mass is 16.6. The zero-order valence-electron chi connectivity index (χ0n) is 34.7. The number of hydrogen-bond donors (Lipinski definition) is 0. The molecule has 2 unspecified atom stereocenters. The maximum Gasteiger partial charge on any atom is 0.306 e. The van der Waals surface area contributed by atoms with E-state index in [1.165, 1.54) is 57.8 Å². The summed E-state index contributed by atoms with van der Waals surface area (Å²) in [6, 6.07) is -0.727. The average Bonchev–Trinajstić information content (AvgIpc) is 3.11. The quantitative estimate of drug-likeness (QED) is 0.0270. The van der Waals surface area contributed by atoms with Crippen LogP contribution in [0, 0.1) is 0 Å². The van der Waals surface area contributed by atoms with Crippen LogP contribution in [-0.4, -0.2) is 75.5 Å². The standard InChI is InChI=1S/C45H79NO7/c1-6-8-10-12-14-16-17-18-19-20-21-22-23-24-25-26-27-28-30-31-33-35-43(47)52-40-41(39-51-38-37-42(45(49)50)46(3,4)5)53-44(48)36-34-32-29-15-13-11-9-7-2/h14,16,18-19,21-22,24-25,41-42H,6-13,15,17,20,23,26-40H2,1-5H3/b16-14+,19-18+,22-21+,25-24+. The Balaban J connectivity index is 4.28. The second-order valence-electron chi connectivity index (χ2n) is 15.2. The SMILES string of the molecule is CCCCC/C=C/C/C=C/C/C=C/C/C=C/CCCCCCCC(=O)OCC(COCCC(C(=O)[O-])[N+](C)(C)C)OC(=O)CCCCCCCCCC. The molecule has 0 amide bonds. The van der Waals surface area contributed by atoms with E-state index in [2.05, 4.69) is 62.5 Å². The maximum atomic E-state index is 12.6. The summed E-state index contributed by atoms with van der Waals surface area (Å²) in [5.74, 6) is -1.77. The molecule has 0 saturated carbocycles. The van der Waals surface area contributed by atoms with Crippen LogP contribution in [0.25, 0.3) is 0 Å². The molecule has 8 heteroatoms. The van der Waals surface area contributed by atoms with Crippen molar-refractivity contribution in [3.05, 3.63) is 48.6 Å². The van der Waals surface area contributed by atoms with Gasteiger partial charge >= 0.3 is 11.9 Å². The Labute approximate surface area is 325 Å². The number of ether oxygens (including phenoxy) is 3. The molecule has 0 bridgehead atoms. The van der Waals surface area contributed by atoms with Gasteiger partial charge in [0.15, 0.2) is 6.10 Å².